The van der Waals surface area contributed by atoms with Crippen molar-refractivity contribution in [2.24, 2.45) is 5.73 Å². The first kappa shape index (κ1) is 8.49. The molecule has 0 radical (unpaired) electrons. The fourth-order valence-corrected chi connectivity index (χ4v) is 1.33. The van der Waals surface area contributed by atoms with Gasteiger partial charge in [-0.25, -0.2) is 0 Å². The molecule has 1 aromatic heterocycles. The molecule has 3 nitrogen and oxygen atoms in total. The summed E-state index contributed by atoms with van der Waals surface area (Å²) in [6.45, 7) is 0.414. The molecule has 1 rings (SSSR count). The predicted molar refractivity (Wildman–Crippen MR) is 46.4 cm³/mol. The van der Waals surface area contributed by atoms with Gasteiger partial charge in [-0.3, -0.25) is 4.98 Å². The third-order valence-electron chi connectivity index (χ3n) is 1.34. The molecular weight excluding hydrogens is 208 g/mol. The van der Waals surface area contributed by atoms with Crippen molar-refractivity contribution in [3.05, 3.63) is 22.4 Å². The van der Waals surface area contributed by atoms with Crippen molar-refractivity contribution in [1.82, 2.24) is 4.98 Å². The monoisotopic (exact) mass is 216 g/mol. The summed E-state index contributed by atoms with van der Waals surface area (Å²) in [5, 5.41) is 0. The zero-order chi connectivity index (χ0) is 8.27. The third kappa shape index (κ3) is 1.70. The van der Waals surface area contributed by atoms with Gasteiger partial charge in [0, 0.05) is 12.7 Å². The zero-order valence-electron chi connectivity index (χ0n) is 6.17. The summed E-state index contributed by atoms with van der Waals surface area (Å²) in [5.74, 6) is 0.764. The molecule has 0 bridgehead atoms. The molecule has 0 saturated carbocycles. The number of aromatic nitrogens is 1. The predicted octanol–water partition coefficient (Wildman–Crippen LogP) is 1.31. The highest BCUT2D eigenvalue weighted by Gasteiger charge is 2.04. The summed E-state index contributed by atoms with van der Waals surface area (Å²) in [6, 6.07) is 1.78. The smallest absolute Gasteiger partial charge is 0.136 e. The normalized spacial score (nSPS) is 9.73. The molecule has 11 heavy (non-hydrogen) atoms. The Morgan fingerprint density at radius 3 is 3.00 bits per heavy atom. The van der Waals surface area contributed by atoms with E-state index in [-0.39, 0.29) is 0 Å². The van der Waals surface area contributed by atoms with Gasteiger partial charge in [0.1, 0.15) is 5.75 Å². The van der Waals surface area contributed by atoms with Crippen LogP contribution in [-0.4, -0.2) is 12.1 Å². The standard InChI is InChI=1S/C7H9BrN2O/c1-11-6-2-3-10-5(4-9)7(6)8/h2-3H,4,9H2,1H3. The molecule has 0 aromatic carbocycles. The molecule has 0 amide bonds. The Balaban J connectivity index is 3.10. The first-order valence-corrected chi connectivity index (χ1v) is 3.96. The highest BCUT2D eigenvalue weighted by atomic mass is 79.9. The highest BCUT2D eigenvalue weighted by Crippen LogP contribution is 2.25. The molecule has 0 aliphatic rings. The minimum Gasteiger partial charge on any atom is -0.495 e. The summed E-state index contributed by atoms with van der Waals surface area (Å²) in [7, 11) is 1.61. The van der Waals surface area contributed by atoms with E-state index in [2.05, 4.69) is 20.9 Å². The fourth-order valence-electron chi connectivity index (χ4n) is 0.767. The molecule has 0 unspecified atom stereocenters. The molecule has 2 N–H and O–H groups in total. The van der Waals surface area contributed by atoms with Gasteiger partial charge in [0.2, 0.25) is 0 Å². The van der Waals surface area contributed by atoms with Crippen LogP contribution in [0.15, 0.2) is 16.7 Å². The van der Waals surface area contributed by atoms with Crippen LogP contribution in [0.3, 0.4) is 0 Å². The van der Waals surface area contributed by atoms with Gasteiger partial charge in [-0.15, -0.1) is 0 Å². The van der Waals surface area contributed by atoms with Crippen LogP contribution in [0.2, 0.25) is 0 Å². The summed E-state index contributed by atoms with van der Waals surface area (Å²) >= 11 is 3.33. The van der Waals surface area contributed by atoms with E-state index in [1.807, 2.05) is 0 Å². The van der Waals surface area contributed by atoms with Gasteiger partial charge < -0.3 is 10.5 Å². The average Bonchev–Trinajstić information content (AvgIpc) is 2.05. The number of nitrogens with two attached hydrogens (primary N) is 1. The van der Waals surface area contributed by atoms with Crippen LogP contribution >= 0.6 is 15.9 Å². The van der Waals surface area contributed by atoms with Crippen LogP contribution in [0.5, 0.6) is 5.75 Å². The van der Waals surface area contributed by atoms with E-state index in [1.165, 1.54) is 0 Å². The lowest BCUT2D eigenvalue weighted by Gasteiger charge is -2.04. The Bertz CT molecular complexity index is 230. The van der Waals surface area contributed by atoms with Crippen LogP contribution in [0, 0.1) is 0 Å². The molecule has 0 aliphatic carbocycles. The van der Waals surface area contributed by atoms with Crippen molar-refractivity contribution < 1.29 is 4.74 Å². The molecule has 4 heteroatoms. The molecule has 1 heterocycles. The second-order valence-electron chi connectivity index (χ2n) is 1.98. The number of halogens is 1. The molecule has 0 fully saturated rings. The first-order chi connectivity index (χ1) is 5.29. The van der Waals surface area contributed by atoms with Crippen molar-refractivity contribution in [2.75, 3.05) is 7.11 Å². The Morgan fingerprint density at radius 1 is 1.73 bits per heavy atom. The van der Waals surface area contributed by atoms with Gasteiger partial charge in [-0.1, -0.05) is 0 Å². The van der Waals surface area contributed by atoms with Crippen LogP contribution in [0.1, 0.15) is 5.69 Å². The number of rotatable bonds is 2. The van der Waals surface area contributed by atoms with E-state index in [1.54, 1.807) is 19.4 Å². The van der Waals surface area contributed by atoms with Gasteiger partial charge >= 0.3 is 0 Å². The van der Waals surface area contributed by atoms with E-state index in [4.69, 9.17) is 10.5 Å². The maximum Gasteiger partial charge on any atom is 0.136 e. The van der Waals surface area contributed by atoms with Crippen LogP contribution in [-0.2, 0) is 6.54 Å². The SMILES string of the molecule is COc1ccnc(CN)c1Br. The molecule has 0 atom stereocenters. The highest BCUT2D eigenvalue weighted by molar-refractivity contribution is 9.10. The molecule has 0 spiro atoms. The van der Waals surface area contributed by atoms with Crippen LogP contribution in [0.4, 0.5) is 0 Å². The molecule has 0 aliphatic heterocycles. The number of pyridine rings is 1. The fraction of sp³-hybridized carbons (Fsp3) is 0.286. The zero-order valence-corrected chi connectivity index (χ0v) is 7.76. The van der Waals surface area contributed by atoms with Gasteiger partial charge in [0.05, 0.1) is 17.3 Å². The second-order valence-corrected chi connectivity index (χ2v) is 2.77. The van der Waals surface area contributed by atoms with Crippen molar-refractivity contribution in [3.8, 4) is 5.75 Å². The Kier molecular flexibility index (Phi) is 2.84. The van der Waals surface area contributed by atoms with E-state index >= 15 is 0 Å². The number of ether oxygens (including phenoxy) is 1. The van der Waals surface area contributed by atoms with Crippen molar-refractivity contribution in [2.45, 2.75) is 6.54 Å². The molecule has 0 saturated heterocycles. The number of methoxy groups -OCH3 is 1. The first-order valence-electron chi connectivity index (χ1n) is 3.17. The quantitative estimate of drug-likeness (QED) is 0.812. The largest absolute Gasteiger partial charge is 0.495 e. The second kappa shape index (κ2) is 3.69. The van der Waals surface area contributed by atoms with Gasteiger partial charge in [0.15, 0.2) is 0 Å². The van der Waals surface area contributed by atoms with Gasteiger partial charge in [0.25, 0.3) is 0 Å². The van der Waals surface area contributed by atoms with Crippen LogP contribution < -0.4 is 10.5 Å². The summed E-state index contributed by atoms with van der Waals surface area (Å²) in [5.41, 5.74) is 6.24. The van der Waals surface area contributed by atoms with E-state index in [0.29, 0.717) is 6.54 Å². The topological polar surface area (TPSA) is 48.1 Å². The molecule has 60 valence electrons. The number of hydrogen-bond donors (Lipinski definition) is 1. The Hall–Kier alpha value is -0.610. The van der Waals surface area contributed by atoms with Gasteiger partial charge in [-0.2, -0.15) is 0 Å². The summed E-state index contributed by atoms with van der Waals surface area (Å²) in [6.07, 6.45) is 1.67. The lowest BCUT2D eigenvalue weighted by atomic mass is 10.3. The summed E-state index contributed by atoms with van der Waals surface area (Å²) in [4.78, 5) is 4.05. The number of nitrogens with zero attached hydrogens (tertiary/aromatic N) is 1. The maximum atomic E-state index is 5.43. The minimum absolute atomic E-state index is 0.414. The van der Waals surface area contributed by atoms with Crippen molar-refractivity contribution in [1.29, 1.82) is 0 Å². The molecular formula is C7H9BrN2O. The van der Waals surface area contributed by atoms with E-state index in [0.717, 1.165) is 15.9 Å². The van der Waals surface area contributed by atoms with Crippen molar-refractivity contribution in [3.63, 3.8) is 0 Å². The lowest BCUT2D eigenvalue weighted by Crippen LogP contribution is -2.01. The summed E-state index contributed by atoms with van der Waals surface area (Å²) < 4.78 is 5.88. The molecule has 1 aromatic rings. The third-order valence-corrected chi connectivity index (χ3v) is 2.19. The number of hydrogen-bond acceptors (Lipinski definition) is 3. The van der Waals surface area contributed by atoms with Gasteiger partial charge in [-0.05, 0) is 22.0 Å². The van der Waals surface area contributed by atoms with Crippen LogP contribution in [0.25, 0.3) is 0 Å². The van der Waals surface area contributed by atoms with E-state index < -0.39 is 0 Å². The Morgan fingerprint density at radius 2 is 2.45 bits per heavy atom. The minimum atomic E-state index is 0.414. The Labute approximate surface area is 73.7 Å². The van der Waals surface area contributed by atoms with Crippen molar-refractivity contribution >= 4 is 15.9 Å². The lowest BCUT2D eigenvalue weighted by molar-refractivity contribution is 0.410. The average molecular weight is 217 g/mol. The maximum absolute atomic E-state index is 5.43. The van der Waals surface area contributed by atoms with E-state index in [9.17, 15) is 0 Å².